The van der Waals surface area contributed by atoms with E-state index in [-0.39, 0.29) is 22.1 Å². The van der Waals surface area contributed by atoms with Gasteiger partial charge in [-0.25, -0.2) is 0 Å². The Morgan fingerprint density at radius 2 is 1.48 bits per heavy atom. The van der Waals surface area contributed by atoms with Crippen molar-refractivity contribution in [1.29, 1.82) is 0 Å². The van der Waals surface area contributed by atoms with Crippen molar-refractivity contribution in [2.24, 2.45) is 4.40 Å². The molecule has 4 rings (SSSR count). The Labute approximate surface area is 193 Å². The van der Waals surface area contributed by atoms with Crippen LogP contribution in [-0.4, -0.2) is 27.0 Å². The van der Waals surface area contributed by atoms with Gasteiger partial charge in [-0.1, -0.05) is 30.3 Å². The lowest BCUT2D eigenvalue weighted by Gasteiger charge is -2.19. The quantitative estimate of drug-likeness (QED) is 0.580. The molecule has 1 aliphatic rings. The van der Waals surface area contributed by atoms with E-state index in [2.05, 4.69) is 9.71 Å². The summed E-state index contributed by atoms with van der Waals surface area (Å²) in [5.41, 5.74) is 4.50. The summed E-state index contributed by atoms with van der Waals surface area (Å²) in [6.45, 7) is 5.56. The zero-order valence-electron chi connectivity index (χ0n) is 18.8. The lowest BCUT2D eigenvalue weighted by Crippen LogP contribution is -2.22. The molecular formula is C26H24N2O4S. The number of methoxy groups -OCH3 is 1. The molecule has 1 aliphatic carbocycles. The largest absolute Gasteiger partial charge is 0.497 e. The molecular weight excluding hydrogens is 436 g/mol. The number of hydrogen-bond acceptors (Lipinski definition) is 5. The Bertz CT molecular complexity index is 1420. The Hall–Kier alpha value is -3.71. The molecule has 0 radical (unpaired) electrons. The number of carbonyl (C=O) groups is 1. The van der Waals surface area contributed by atoms with Gasteiger partial charge in [-0.3, -0.25) is 4.79 Å². The summed E-state index contributed by atoms with van der Waals surface area (Å²) in [5.74, 6) is 0.451. The number of rotatable bonds is 5. The van der Waals surface area contributed by atoms with E-state index in [0.29, 0.717) is 28.1 Å². The topological polar surface area (TPSA) is 84.8 Å². The van der Waals surface area contributed by atoms with Gasteiger partial charge in [0, 0.05) is 16.8 Å². The highest BCUT2D eigenvalue weighted by Gasteiger charge is 2.27. The number of ketones is 1. The van der Waals surface area contributed by atoms with E-state index in [1.807, 2.05) is 19.9 Å². The second-order valence-electron chi connectivity index (χ2n) is 7.94. The van der Waals surface area contributed by atoms with Crippen molar-refractivity contribution in [1.82, 2.24) is 0 Å². The van der Waals surface area contributed by atoms with Gasteiger partial charge in [0.05, 0.1) is 23.4 Å². The number of ether oxygens (including phenoxy) is 1. The molecule has 0 amide bonds. The van der Waals surface area contributed by atoms with E-state index in [1.54, 1.807) is 68.6 Å². The molecule has 0 heterocycles. The molecule has 0 aliphatic heterocycles. The molecule has 33 heavy (non-hydrogen) atoms. The summed E-state index contributed by atoms with van der Waals surface area (Å²) in [6, 6.07) is 17.5. The van der Waals surface area contributed by atoms with Gasteiger partial charge in [-0.05, 0) is 73.9 Å². The van der Waals surface area contributed by atoms with Crippen LogP contribution in [0, 0.1) is 20.8 Å². The van der Waals surface area contributed by atoms with Crippen molar-refractivity contribution in [2.75, 3.05) is 12.4 Å². The summed E-state index contributed by atoms with van der Waals surface area (Å²) in [7, 11) is -2.43. The third kappa shape index (κ3) is 4.45. The highest BCUT2D eigenvalue weighted by atomic mass is 32.2. The van der Waals surface area contributed by atoms with Gasteiger partial charge in [0.2, 0.25) is 5.78 Å². The van der Waals surface area contributed by atoms with Gasteiger partial charge in [0.1, 0.15) is 5.75 Å². The van der Waals surface area contributed by atoms with Crippen molar-refractivity contribution in [3.05, 3.63) is 100 Å². The maximum absolute atomic E-state index is 13.3. The number of aryl methyl sites for hydroxylation is 3. The van der Waals surface area contributed by atoms with Crippen molar-refractivity contribution in [3.63, 3.8) is 0 Å². The molecule has 6 nitrogen and oxygen atoms in total. The molecule has 0 saturated heterocycles. The fraction of sp³-hybridized carbons (Fsp3) is 0.154. The van der Waals surface area contributed by atoms with Crippen molar-refractivity contribution in [2.45, 2.75) is 25.7 Å². The van der Waals surface area contributed by atoms with Crippen LogP contribution in [0.3, 0.4) is 0 Å². The van der Waals surface area contributed by atoms with Gasteiger partial charge in [-0.15, -0.1) is 0 Å². The summed E-state index contributed by atoms with van der Waals surface area (Å²) in [6.07, 6.45) is 1.49. The lowest BCUT2D eigenvalue weighted by atomic mass is 9.92. The van der Waals surface area contributed by atoms with Crippen LogP contribution in [0.25, 0.3) is 0 Å². The molecule has 0 aromatic heterocycles. The molecule has 1 N–H and O–H groups in total. The normalized spacial score (nSPS) is 14.6. The number of nitrogens with one attached hydrogen (secondary N) is 1. The van der Waals surface area contributed by atoms with Gasteiger partial charge in [0.25, 0.3) is 10.0 Å². The Balaban J connectivity index is 1.81. The molecule has 0 bridgehead atoms. The minimum absolute atomic E-state index is 0.158. The molecule has 3 aromatic carbocycles. The second kappa shape index (κ2) is 8.67. The minimum Gasteiger partial charge on any atom is -0.497 e. The zero-order chi connectivity index (χ0) is 23.8. The van der Waals surface area contributed by atoms with E-state index >= 15 is 0 Å². The number of anilines is 1. The number of Topliss-reactive ketones (excluding diaryl/α,β-unsaturated/α-hetero) is 1. The van der Waals surface area contributed by atoms with E-state index in [1.165, 1.54) is 6.08 Å². The zero-order valence-corrected chi connectivity index (χ0v) is 19.7. The fourth-order valence-electron chi connectivity index (χ4n) is 3.72. The highest BCUT2D eigenvalue weighted by molar-refractivity contribution is 7.90. The van der Waals surface area contributed by atoms with Crippen molar-refractivity contribution < 1.29 is 17.9 Å². The van der Waals surface area contributed by atoms with Gasteiger partial charge in [0.15, 0.2) is 0 Å². The van der Waals surface area contributed by atoms with Crippen LogP contribution in [0.4, 0.5) is 5.69 Å². The first-order valence-electron chi connectivity index (χ1n) is 10.4. The first-order chi connectivity index (χ1) is 15.7. The summed E-state index contributed by atoms with van der Waals surface area (Å²) < 4.78 is 35.9. The summed E-state index contributed by atoms with van der Waals surface area (Å²) >= 11 is 0. The number of benzene rings is 3. The fourth-order valence-corrected chi connectivity index (χ4v) is 5.02. The van der Waals surface area contributed by atoms with Gasteiger partial charge < -0.3 is 10.1 Å². The van der Waals surface area contributed by atoms with Gasteiger partial charge in [-0.2, -0.15) is 12.8 Å². The van der Waals surface area contributed by atoms with Crippen LogP contribution in [0.15, 0.2) is 81.7 Å². The minimum atomic E-state index is -4.01. The number of nitrogens with zero attached hydrogens (tertiary/aromatic N) is 1. The van der Waals surface area contributed by atoms with Crippen LogP contribution in [0.2, 0.25) is 0 Å². The van der Waals surface area contributed by atoms with Crippen LogP contribution in [0.1, 0.15) is 32.6 Å². The van der Waals surface area contributed by atoms with E-state index in [9.17, 15) is 13.2 Å². The summed E-state index contributed by atoms with van der Waals surface area (Å²) in [5, 5.41) is 3.09. The van der Waals surface area contributed by atoms with Crippen molar-refractivity contribution in [3.8, 4) is 5.75 Å². The SMILES string of the molecule is COc1ccc(NC2=C/C(=N\S(=O)(=O)c3cc(C)c(C)cc3C)c3ccccc3C2=O)cc1. The summed E-state index contributed by atoms with van der Waals surface area (Å²) in [4.78, 5) is 13.3. The lowest BCUT2D eigenvalue weighted by molar-refractivity contribution is 0.103. The first kappa shape index (κ1) is 22.5. The van der Waals surface area contributed by atoms with Crippen LogP contribution in [-0.2, 0) is 10.0 Å². The predicted octanol–water partition coefficient (Wildman–Crippen LogP) is 4.99. The van der Waals surface area contributed by atoms with E-state index < -0.39 is 10.0 Å². The molecule has 0 unspecified atom stereocenters. The van der Waals surface area contributed by atoms with Crippen LogP contribution in [0.5, 0.6) is 5.75 Å². The highest BCUT2D eigenvalue weighted by Crippen LogP contribution is 2.27. The molecule has 0 fully saturated rings. The molecule has 168 valence electrons. The molecule has 0 spiro atoms. The smallest absolute Gasteiger partial charge is 0.283 e. The van der Waals surface area contributed by atoms with Crippen LogP contribution >= 0.6 is 0 Å². The number of sulfonamides is 1. The van der Waals surface area contributed by atoms with Gasteiger partial charge >= 0.3 is 0 Å². The maximum atomic E-state index is 13.3. The first-order valence-corrected chi connectivity index (χ1v) is 11.8. The molecule has 0 atom stereocenters. The third-order valence-corrected chi connectivity index (χ3v) is 7.06. The third-order valence-electron chi connectivity index (χ3n) is 5.63. The molecule has 0 saturated carbocycles. The number of carbonyl (C=O) groups excluding carboxylic acids is 1. The average molecular weight is 461 g/mol. The maximum Gasteiger partial charge on any atom is 0.283 e. The predicted molar refractivity (Wildman–Crippen MR) is 130 cm³/mol. The Morgan fingerprint density at radius 3 is 2.15 bits per heavy atom. The monoisotopic (exact) mass is 460 g/mol. The van der Waals surface area contributed by atoms with E-state index in [0.717, 1.165) is 11.1 Å². The average Bonchev–Trinajstić information content (AvgIpc) is 2.79. The standard InChI is InChI=1S/C26H24N2O4S/c1-16-13-18(3)25(14-17(16)2)33(30,31)28-23-15-24(26(29)22-8-6-5-7-21(22)23)27-19-9-11-20(32-4)12-10-19/h5-15,27H,1-4H3/b28-23+. The second-order valence-corrected chi connectivity index (χ2v) is 9.51. The number of fused-ring (bicyclic) bond motifs is 1. The number of hydrogen-bond donors (Lipinski definition) is 1. The van der Waals surface area contributed by atoms with Crippen molar-refractivity contribution >= 4 is 27.2 Å². The Kier molecular flexibility index (Phi) is 5.91. The number of allylic oxidation sites excluding steroid dienone is 2. The van der Waals surface area contributed by atoms with Crippen LogP contribution < -0.4 is 10.1 Å². The molecule has 3 aromatic rings. The van der Waals surface area contributed by atoms with E-state index in [4.69, 9.17) is 4.74 Å². The Morgan fingerprint density at radius 1 is 0.848 bits per heavy atom. The molecule has 7 heteroatoms.